The quantitative estimate of drug-likeness (QED) is 0.104. The van der Waals surface area contributed by atoms with Crippen molar-refractivity contribution in [3.8, 4) is 0 Å². The molecular weight excluding hydrogens is 580 g/mol. The molecule has 2 saturated carbocycles. The molecule has 4 atom stereocenters. The molecule has 0 amide bonds. The fourth-order valence-corrected chi connectivity index (χ4v) is 11.2. The van der Waals surface area contributed by atoms with Gasteiger partial charge in [0, 0.05) is 41.9 Å². The summed E-state index contributed by atoms with van der Waals surface area (Å²) >= 11 is 0. The minimum atomic E-state index is -0.602. The van der Waals surface area contributed by atoms with Gasteiger partial charge in [0.1, 0.15) is 0 Å². The van der Waals surface area contributed by atoms with Crippen LogP contribution in [0.4, 0.5) is 11.4 Å². The summed E-state index contributed by atoms with van der Waals surface area (Å²) in [6, 6.07) is 3.87. The molecule has 226 valence electrons. The number of fused-ring (bicyclic) bond motifs is 6. The Hall–Kier alpha value is -1.96. The number of allylic oxidation sites excluding steroid dienone is 3. The molecule has 6 aliphatic rings. The van der Waals surface area contributed by atoms with E-state index in [0.29, 0.717) is 43.2 Å². The number of nitrogens with zero attached hydrogens (tertiary/aromatic N) is 2. The van der Waals surface area contributed by atoms with Gasteiger partial charge in [-0.05, 0) is 50.0 Å². The summed E-state index contributed by atoms with van der Waals surface area (Å²) in [5.74, 6) is 0.728. The fourth-order valence-electron chi connectivity index (χ4n) is 8.95. The van der Waals surface area contributed by atoms with E-state index in [4.69, 9.17) is 18.9 Å². The van der Waals surface area contributed by atoms with E-state index in [2.05, 4.69) is 19.1 Å². The first-order valence-corrected chi connectivity index (χ1v) is 17.2. The summed E-state index contributed by atoms with van der Waals surface area (Å²) in [6.45, 7) is 4.97. The highest BCUT2D eigenvalue weighted by Gasteiger charge is 2.65. The van der Waals surface area contributed by atoms with Crippen LogP contribution in [0, 0.1) is 42.9 Å². The van der Waals surface area contributed by atoms with Crippen molar-refractivity contribution in [2.45, 2.75) is 74.8 Å². The maximum atomic E-state index is 11.7. The normalized spacial score (nSPS) is 34.0. The minimum absolute atomic E-state index is 0.0444. The standard InChI is InChI=1S/C30H36N2O8S2/c1-27-8-6-24-22(23(27)7-9-30(27)39-15-16-40-30)4-2-20-19-29(37-13-14-38-29)11-10-28(20,24)12-17-41-42-26-5-3-21(31(33)34)18-25(26)32(35)36/h2-3,5-6,18,22-23H,4,7-17,19H2,1H3/t22-,23-,27-,28+/m0/s1. The van der Waals surface area contributed by atoms with Gasteiger partial charge in [-0.15, -0.1) is 0 Å². The SMILES string of the molecule is C[C@]12CC=C3[C@@H](CC=C4CC5(CC[C@@]43CCSSc3ccc([N+](=O)[O-])cc3[N+](=O)[O-])OCCO5)[C@@H]1CCC21OCCO1. The molecule has 0 N–H and O–H groups in total. The Morgan fingerprint density at radius 3 is 2.48 bits per heavy atom. The van der Waals surface area contributed by atoms with E-state index in [1.807, 2.05) is 0 Å². The average molecular weight is 617 g/mol. The highest BCUT2D eigenvalue weighted by molar-refractivity contribution is 8.76. The molecule has 10 nitrogen and oxygen atoms in total. The monoisotopic (exact) mass is 616 g/mol. The Morgan fingerprint density at radius 1 is 0.976 bits per heavy atom. The second kappa shape index (κ2) is 10.6. The van der Waals surface area contributed by atoms with E-state index in [9.17, 15) is 20.2 Å². The van der Waals surface area contributed by atoms with E-state index in [-0.39, 0.29) is 22.2 Å². The third-order valence-corrected chi connectivity index (χ3v) is 13.4. The number of ether oxygens (including phenoxy) is 4. The number of benzene rings is 1. The number of nitro groups is 2. The van der Waals surface area contributed by atoms with Crippen molar-refractivity contribution in [2.75, 3.05) is 32.2 Å². The number of rotatable bonds is 7. The lowest BCUT2D eigenvalue weighted by atomic mass is 9.50. The Balaban J connectivity index is 1.15. The molecule has 1 aromatic carbocycles. The molecule has 2 spiro atoms. The smallest absolute Gasteiger partial charge is 0.290 e. The van der Waals surface area contributed by atoms with E-state index in [1.165, 1.54) is 28.5 Å². The summed E-state index contributed by atoms with van der Waals surface area (Å²) in [4.78, 5) is 22.1. The van der Waals surface area contributed by atoms with Gasteiger partial charge >= 0.3 is 0 Å². The first kappa shape index (κ1) is 28.8. The van der Waals surface area contributed by atoms with Crippen LogP contribution < -0.4 is 0 Å². The summed E-state index contributed by atoms with van der Waals surface area (Å²) in [5.41, 5.74) is 2.33. The van der Waals surface area contributed by atoms with Crippen LogP contribution >= 0.6 is 21.6 Å². The molecule has 7 rings (SSSR count). The summed E-state index contributed by atoms with van der Waals surface area (Å²) < 4.78 is 25.0. The molecule has 1 aromatic rings. The third-order valence-electron chi connectivity index (χ3n) is 11.0. The summed E-state index contributed by atoms with van der Waals surface area (Å²) in [7, 11) is 2.91. The largest absolute Gasteiger partial charge is 0.347 e. The molecule has 2 aliphatic heterocycles. The van der Waals surface area contributed by atoms with E-state index in [0.717, 1.165) is 63.2 Å². The van der Waals surface area contributed by atoms with Gasteiger partial charge in [-0.1, -0.05) is 51.8 Å². The fraction of sp³-hybridized carbons (Fsp3) is 0.667. The third kappa shape index (κ3) is 4.39. The highest BCUT2D eigenvalue weighted by Crippen LogP contribution is 2.68. The number of hydrogen-bond acceptors (Lipinski definition) is 10. The number of non-ortho nitro benzene ring substituents is 1. The molecule has 42 heavy (non-hydrogen) atoms. The predicted molar refractivity (Wildman–Crippen MR) is 158 cm³/mol. The van der Waals surface area contributed by atoms with Crippen molar-refractivity contribution in [1.82, 2.24) is 0 Å². The summed E-state index contributed by atoms with van der Waals surface area (Å²) in [5, 5.41) is 22.8. The molecule has 0 bridgehead atoms. The molecular formula is C30H36N2O8S2. The lowest BCUT2D eigenvalue weighted by Gasteiger charge is -2.56. The molecule has 0 unspecified atom stereocenters. The topological polar surface area (TPSA) is 123 Å². The average Bonchev–Trinajstić information content (AvgIpc) is 3.72. The van der Waals surface area contributed by atoms with Crippen molar-refractivity contribution in [2.24, 2.45) is 22.7 Å². The van der Waals surface area contributed by atoms with E-state index < -0.39 is 21.4 Å². The molecule has 0 aromatic heterocycles. The van der Waals surface area contributed by atoms with E-state index >= 15 is 0 Å². The van der Waals surface area contributed by atoms with Gasteiger partial charge in [0.05, 0.1) is 47.2 Å². The van der Waals surface area contributed by atoms with Crippen molar-refractivity contribution in [3.63, 3.8) is 0 Å². The first-order chi connectivity index (χ1) is 20.2. The lowest BCUT2D eigenvalue weighted by Crippen LogP contribution is -2.52. The van der Waals surface area contributed by atoms with Gasteiger partial charge in [0.25, 0.3) is 11.4 Å². The van der Waals surface area contributed by atoms with E-state index in [1.54, 1.807) is 16.4 Å². The second-order valence-electron chi connectivity index (χ2n) is 12.6. The van der Waals surface area contributed by atoms with Gasteiger partial charge in [-0.2, -0.15) is 0 Å². The van der Waals surface area contributed by atoms with Crippen molar-refractivity contribution in [3.05, 3.63) is 61.7 Å². The predicted octanol–water partition coefficient (Wildman–Crippen LogP) is 6.98. The maximum absolute atomic E-state index is 11.7. The van der Waals surface area contributed by atoms with Gasteiger partial charge in [-0.3, -0.25) is 20.2 Å². The van der Waals surface area contributed by atoms with Crippen molar-refractivity contribution in [1.29, 1.82) is 0 Å². The van der Waals surface area contributed by atoms with Crippen LogP contribution in [0.2, 0.25) is 0 Å². The van der Waals surface area contributed by atoms with Crippen LogP contribution in [0.5, 0.6) is 0 Å². The first-order valence-electron chi connectivity index (χ1n) is 14.9. The molecule has 4 aliphatic carbocycles. The van der Waals surface area contributed by atoms with Gasteiger partial charge < -0.3 is 18.9 Å². The second-order valence-corrected chi connectivity index (χ2v) is 15.1. The van der Waals surface area contributed by atoms with Crippen LogP contribution in [0.3, 0.4) is 0 Å². The Bertz CT molecular complexity index is 1350. The highest BCUT2D eigenvalue weighted by atomic mass is 33.1. The van der Waals surface area contributed by atoms with Gasteiger partial charge in [0.2, 0.25) is 0 Å². The molecule has 2 heterocycles. The Kier molecular flexibility index (Phi) is 7.26. The van der Waals surface area contributed by atoms with Crippen LogP contribution in [0.15, 0.2) is 46.4 Å². The van der Waals surface area contributed by atoms with Gasteiger partial charge in [-0.25, -0.2) is 0 Å². The minimum Gasteiger partial charge on any atom is -0.347 e. The maximum Gasteiger partial charge on any atom is 0.290 e. The molecule has 2 saturated heterocycles. The zero-order valence-corrected chi connectivity index (χ0v) is 25.3. The lowest BCUT2D eigenvalue weighted by molar-refractivity contribution is -0.396. The van der Waals surface area contributed by atoms with Crippen LogP contribution in [-0.4, -0.2) is 53.6 Å². The molecule has 0 radical (unpaired) electrons. The molecule has 4 fully saturated rings. The zero-order valence-electron chi connectivity index (χ0n) is 23.7. The Morgan fingerprint density at radius 2 is 1.74 bits per heavy atom. The number of hydrogen-bond donors (Lipinski definition) is 0. The Labute approximate surface area is 252 Å². The van der Waals surface area contributed by atoms with Crippen LogP contribution in [-0.2, 0) is 18.9 Å². The number of nitro benzene ring substituents is 2. The molecule has 12 heteroatoms. The van der Waals surface area contributed by atoms with Crippen LogP contribution in [0.1, 0.15) is 58.3 Å². The van der Waals surface area contributed by atoms with Gasteiger partial charge in [0.15, 0.2) is 11.6 Å². The van der Waals surface area contributed by atoms with Crippen LogP contribution in [0.25, 0.3) is 0 Å². The summed E-state index contributed by atoms with van der Waals surface area (Å²) in [6.07, 6.45) is 12.5. The van der Waals surface area contributed by atoms with Crippen molar-refractivity contribution >= 4 is 33.0 Å². The zero-order chi connectivity index (χ0) is 29.2. The van der Waals surface area contributed by atoms with Crippen molar-refractivity contribution < 1.29 is 28.8 Å².